The van der Waals surface area contributed by atoms with Crippen molar-refractivity contribution in [3.63, 3.8) is 0 Å². The van der Waals surface area contributed by atoms with Gasteiger partial charge in [0.1, 0.15) is 42.3 Å². The monoisotopic (exact) mass is 1000 g/mol. The van der Waals surface area contributed by atoms with Gasteiger partial charge in [0.25, 0.3) is 0 Å². The molecule has 16 N–H and O–H groups in total. The molecule has 0 aliphatic carbocycles. The number of nitrogens with one attached hydrogen (secondary N) is 6. The average molecular weight is 1010 g/mol. The molecule has 25 heteroatoms. The van der Waals surface area contributed by atoms with Crippen LogP contribution in [0.4, 0.5) is 0 Å². The van der Waals surface area contributed by atoms with E-state index in [0.29, 0.717) is 12.0 Å². The molecule has 390 valence electrons. The summed E-state index contributed by atoms with van der Waals surface area (Å²) in [4.78, 5) is 137. The van der Waals surface area contributed by atoms with E-state index in [1.54, 1.807) is 58.0 Å². The number of nitrogens with two attached hydrogens (primary N) is 4. The molecule has 1 aromatic rings. The number of carboxylic acids is 2. The van der Waals surface area contributed by atoms with E-state index < -0.39 is 120 Å². The summed E-state index contributed by atoms with van der Waals surface area (Å²) >= 11 is 4.05. The molecule has 8 amide bonds. The first kappa shape index (κ1) is 59.6. The van der Waals surface area contributed by atoms with Gasteiger partial charge >= 0.3 is 11.9 Å². The molecule has 0 saturated carbocycles. The first-order valence-electron chi connectivity index (χ1n) is 23.2. The molecule has 0 radical (unpaired) electrons. The predicted molar refractivity (Wildman–Crippen MR) is 260 cm³/mol. The lowest BCUT2D eigenvalue weighted by Gasteiger charge is -2.31. The minimum absolute atomic E-state index is 0.00240. The van der Waals surface area contributed by atoms with Gasteiger partial charge in [-0.1, -0.05) is 58.0 Å². The summed E-state index contributed by atoms with van der Waals surface area (Å²) < 4.78 is 0. The highest BCUT2D eigenvalue weighted by Gasteiger charge is 2.40. The Morgan fingerprint density at radius 2 is 1.20 bits per heavy atom. The number of carbonyl (C=O) groups is 10. The number of primary amides is 1. The predicted octanol–water partition coefficient (Wildman–Crippen LogP) is -2.25. The molecule has 0 aromatic heterocycles. The zero-order chi connectivity index (χ0) is 52.7. The third kappa shape index (κ3) is 21.4. The number of rotatable bonds is 31. The van der Waals surface area contributed by atoms with E-state index in [4.69, 9.17) is 22.9 Å². The Morgan fingerprint density at radius 3 is 1.71 bits per heavy atom. The second-order valence-corrected chi connectivity index (χ2v) is 18.4. The average Bonchev–Trinajstić information content (AvgIpc) is 3.79. The fourth-order valence-electron chi connectivity index (χ4n) is 7.53. The summed E-state index contributed by atoms with van der Waals surface area (Å²) in [5, 5.41) is 34.8. The summed E-state index contributed by atoms with van der Waals surface area (Å²) in [6.45, 7) is 7.23. The number of likely N-dealkylation sites (tertiary alicyclic amines) is 1. The minimum atomic E-state index is -1.49. The lowest BCUT2D eigenvalue weighted by molar-refractivity contribution is -0.144. The molecule has 24 nitrogen and oxygen atoms in total. The van der Waals surface area contributed by atoms with Gasteiger partial charge in [-0.05, 0) is 68.8 Å². The van der Waals surface area contributed by atoms with Crippen LogP contribution in [-0.4, -0.2) is 147 Å². The number of aliphatic carboxylic acids is 2. The number of nitrogens with zero attached hydrogens (tertiary/aromatic N) is 2. The van der Waals surface area contributed by atoms with Crippen molar-refractivity contribution in [3.05, 3.63) is 35.9 Å². The minimum Gasteiger partial charge on any atom is -0.481 e. The fourth-order valence-corrected chi connectivity index (χ4v) is 7.69. The van der Waals surface area contributed by atoms with Crippen LogP contribution in [0.25, 0.3) is 0 Å². The highest BCUT2D eigenvalue weighted by Crippen LogP contribution is 2.21. The van der Waals surface area contributed by atoms with Gasteiger partial charge in [0, 0.05) is 38.1 Å². The zero-order valence-corrected chi connectivity index (χ0v) is 41.1. The van der Waals surface area contributed by atoms with Crippen molar-refractivity contribution in [2.75, 3.05) is 18.8 Å². The molecule has 0 spiro atoms. The van der Waals surface area contributed by atoms with Gasteiger partial charge in [-0.3, -0.25) is 48.1 Å². The van der Waals surface area contributed by atoms with E-state index in [1.807, 2.05) is 0 Å². The molecule has 8 atom stereocenters. The largest absolute Gasteiger partial charge is 0.481 e. The highest BCUT2D eigenvalue weighted by molar-refractivity contribution is 7.80. The van der Waals surface area contributed by atoms with Crippen LogP contribution >= 0.6 is 12.6 Å². The number of carboxylic acid groups (broad SMARTS) is 2. The van der Waals surface area contributed by atoms with Crippen molar-refractivity contribution in [2.45, 2.75) is 147 Å². The standard InChI is InChI=1S/C45H72N12O12S/c1-24(2)20-31(39(63)53-30(44(68)69)12-8-18-50-45(48)49)56-40(64)32(21-25(3)4)55-38(62)28(14-16-35(47)58)51-42(66)34-13-9-19-57(34)43(67)29(15-17-36(59)60)52-41(65)33(54-37(61)27(46)23-70)22-26-10-6-5-7-11-26/h5-7,10-11,24-25,27-34,70H,8-9,12-23,46H2,1-4H3,(H2,47,58)(H,51,66)(H,52,65)(H,53,63)(H,54,61)(H,55,62)(H,56,64)(H,59,60)(H,68,69)(H4,48,49,50)/t27-,28-,29-,30-,31-,32-,33-,34-/m0/s1. The van der Waals surface area contributed by atoms with E-state index in [-0.39, 0.29) is 88.0 Å². The van der Waals surface area contributed by atoms with Crippen LogP contribution in [0.1, 0.15) is 97.5 Å². The molecular weight excluding hydrogens is 933 g/mol. The first-order valence-corrected chi connectivity index (χ1v) is 23.9. The summed E-state index contributed by atoms with van der Waals surface area (Å²) in [6, 6.07) is -1.77. The third-order valence-electron chi connectivity index (χ3n) is 11.1. The number of amides is 8. The Bertz CT molecular complexity index is 2010. The number of aliphatic imine (C=N–C) groups is 1. The van der Waals surface area contributed by atoms with Crippen LogP contribution in [0.15, 0.2) is 35.3 Å². The van der Waals surface area contributed by atoms with Gasteiger partial charge in [-0.15, -0.1) is 0 Å². The van der Waals surface area contributed by atoms with Gasteiger partial charge in [-0.25, -0.2) is 4.79 Å². The van der Waals surface area contributed by atoms with Crippen molar-refractivity contribution in [1.82, 2.24) is 36.8 Å². The van der Waals surface area contributed by atoms with Crippen molar-refractivity contribution in [3.8, 4) is 0 Å². The lowest BCUT2D eigenvalue weighted by Crippen LogP contribution is -2.60. The van der Waals surface area contributed by atoms with Crippen LogP contribution in [-0.2, 0) is 54.4 Å². The maximum atomic E-state index is 14.3. The molecule has 70 heavy (non-hydrogen) atoms. The molecule has 1 aliphatic heterocycles. The number of hydrogen-bond acceptors (Lipinski definition) is 13. The Kier molecular flexibility index (Phi) is 25.7. The molecule has 0 bridgehead atoms. The van der Waals surface area contributed by atoms with Crippen LogP contribution in [0.5, 0.6) is 0 Å². The summed E-state index contributed by atoms with van der Waals surface area (Å²) in [5.41, 5.74) is 22.6. The summed E-state index contributed by atoms with van der Waals surface area (Å²) in [7, 11) is 0. The molecule has 1 fully saturated rings. The van der Waals surface area contributed by atoms with Gasteiger partial charge in [0.15, 0.2) is 5.96 Å². The zero-order valence-electron chi connectivity index (χ0n) is 40.2. The van der Waals surface area contributed by atoms with Gasteiger partial charge < -0.3 is 69.9 Å². The summed E-state index contributed by atoms with van der Waals surface area (Å²) in [6.07, 6.45) is -0.981. The Labute approximate surface area is 412 Å². The van der Waals surface area contributed by atoms with Crippen molar-refractivity contribution in [1.29, 1.82) is 0 Å². The lowest BCUT2D eigenvalue weighted by atomic mass is 9.99. The summed E-state index contributed by atoms with van der Waals surface area (Å²) in [5.74, 6) is -9.65. The van der Waals surface area contributed by atoms with E-state index in [9.17, 15) is 58.2 Å². The van der Waals surface area contributed by atoms with Crippen molar-refractivity contribution in [2.24, 2.45) is 39.8 Å². The first-order chi connectivity index (χ1) is 32.9. The smallest absolute Gasteiger partial charge is 0.326 e. The van der Waals surface area contributed by atoms with Gasteiger partial charge in [0.05, 0.1) is 6.04 Å². The number of carbonyl (C=O) groups excluding carboxylic acids is 8. The van der Waals surface area contributed by atoms with E-state index in [2.05, 4.69) is 49.5 Å². The Balaban J connectivity index is 2.37. The van der Waals surface area contributed by atoms with Crippen LogP contribution in [0.3, 0.4) is 0 Å². The molecule has 1 aromatic carbocycles. The fraction of sp³-hybridized carbons (Fsp3) is 0.622. The number of thiol groups is 1. The number of guanidine groups is 1. The maximum absolute atomic E-state index is 14.3. The molecule has 2 rings (SSSR count). The maximum Gasteiger partial charge on any atom is 0.326 e. The highest BCUT2D eigenvalue weighted by atomic mass is 32.1. The van der Waals surface area contributed by atoms with Gasteiger partial charge in [0.2, 0.25) is 47.3 Å². The molecule has 1 saturated heterocycles. The van der Waals surface area contributed by atoms with E-state index in [1.165, 1.54) is 0 Å². The van der Waals surface area contributed by atoms with Crippen molar-refractivity contribution < 1.29 is 58.2 Å². The van der Waals surface area contributed by atoms with Gasteiger partial charge in [-0.2, -0.15) is 12.6 Å². The quantitative estimate of drug-likeness (QED) is 0.0162. The van der Waals surface area contributed by atoms with Crippen LogP contribution < -0.4 is 54.8 Å². The van der Waals surface area contributed by atoms with E-state index in [0.717, 1.165) is 4.90 Å². The van der Waals surface area contributed by atoms with Crippen LogP contribution in [0, 0.1) is 11.8 Å². The Hall–Kier alpha value is -6.50. The van der Waals surface area contributed by atoms with E-state index >= 15 is 0 Å². The molecule has 0 unspecified atom stereocenters. The second-order valence-electron chi connectivity index (χ2n) is 18.0. The topological polar surface area (TPSA) is 403 Å². The Morgan fingerprint density at radius 1 is 0.686 bits per heavy atom. The SMILES string of the molecule is CC(C)C[C@H](NC(=O)[C@H](CC(C)C)NC(=O)[C@H](CCC(N)=O)NC(=O)[C@@H]1CCCN1C(=O)[C@H](CCC(=O)O)NC(=O)[C@H](Cc1ccccc1)NC(=O)[C@@H](N)CS)C(=O)N[C@@H](CCCN=C(N)N)C(=O)O. The van der Waals surface area contributed by atoms with Crippen LogP contribution in [0.2, 0.25) is 0 Å². The second kappa shape index (κ2) is 30.2. The number of hydrogen-bond donors (Lipinski definition) is 13. The van der Waals surface area contributed by atoms with Crippen molar-refractivity contribution >= 4 is 77.8 Å². The molecule has 1 heterocycles. The normalized spacial score (nSPS) is 16.3. The molecule has 1 aliphatic rings. The molecular formula is C45H72N12O12S. The third-order valence-corrected chi connectivity index (χ3v) is 11.5. The number of benzene rings is 1.